The standard InChI is InChI=1S/C20H29ClN6O4S/c1-20(2,3)11-32(28,29)10-12-8-30-17-15(9-31-16(12)17)25-18-14(21)6-22-19(26-18)24-13-5-23-27(4)7-13/h5-7,12,15-17H,8-11H2,1-4H3,(H2,22,24,25,26)/t12-,15-,16?,17?/m0/s1. The van der Waals surface area contributed by atoms with Crippen LogP contribution < -0.4 is 10.6 Å². The molecule has 12 heteroatoms. The lowest BCUT2D eigenvalue weighted by atomic mass is 10.0. The number of fused-ring (bicyclic) bond motifs is 1. The van der Waals surface area contributed by atoms with Gasteiger partial charge in [-0.25, -0.2) is 13.4 Å². The minimum absolute atomic E-state index is 0.0611. The van der Waals surface area contributed by atoms with Gasteiger partial charge < -0.3 is 20.1 Å². The van der Waals surface area contributed by atoms with E-state index in [2.05, 4.69) is 25.7 Å². The third kappa shape index (κ3) is 5.51. The van der Waals surface area contributed by atoms with Gasteiger partial charge in [-0.15, -0.1) is 0 Å². The van der Waals surface area contributed by atoms with E-state index in [0.717, 1.165) is 5.69 Å². The molecule has 0 aromatic carbocycles. The molecule has 4 atom stereocenters. The number of anilines is 3. The number of hydrogen-bond acceptors (Lipinski definition) is 9. The summed E-state index contributed by atoms with van der Waals surface area (Å²) in [4.78, 5) is 8.67. The van der Waals surface area contributed by atoms with Gasteiger partial charge in [0.25, 0.3) is 0 Å². The van der Waals surface area contributed by atoms with Crippen LogP contribution in [-0.2, 0) is 26.4 Å². The first-order valence-corrected chi connectivity index (χ1v) is 12.7. The number of sulfone groups is 1. The van der Waals surface area contributed by atoms with E-state index < -0.39 is 9.84 Å². The molecule has 0 bridgehead atoms. The first-order valence-electron chi connectivity index (χ1n) is 10.5. The molecule has 0 aliphatic carbocycles. The molecule has 2 fully saturated rings. The van der Waals surface area contributed by atoms with Gasteiger partial charge in [-0.05, 0) is 5.41 Å². The molecule has 2 aliphatic rings. The highest BCUT2D eigenvalue weighted by molar-refractivity contribution is 7.91. The molecule has 2 unspecified atom stereocenters. The topological polar surface area (TPSA) is 120 Å². The van der Waals surface area contributed by atoms with E-state index in [1.54, 1.807) is 17.1 Å². The third-order valence-corrected chi connectivity index (χ3v) is 7.82. The summed E-state index contributed by atoms with van der Waals surface area (Å²) in [6.07, 6.45) is 4.43. The Morgan fingerprint density at radius 1 is 1.22 bits per heavy atom. The lowest BCUT2D eigenvalue weighted by molar-refractivity contribution is 0.0656. The van der Waals surface area contributed by atoms with E-state index >= 15 is 0 Å². The molecule has 10 nitrogen and oxygen atoms in total. The minimum atomic E-state index is -3.22. The van der Waals surface area contributed by atoms with Crippen LogP contribution in [0.15, 0.2) is 18.6 Å². The van der Waals surface area contributed by atoms with Crippen molar-refractivity contribution in [1.29, 1.82) is 0 Å². The second-order valence-electron chi connectivity index (χ2n) is 9.64. The minimum Gasteiger partial charge on any atom is -0.373 e. The molecular weight excluding hydrogens is 456 g/mol. The molecule has 32 heavy (non-hydrogen) atoms. The third-order valence-electron chi connectivity index (χ3n) is 5.30. The normalized spacial score (nSPS) is 25.7. The van der Waals surface area contributed by atoms with Crippen molar-refractivity contribution in [1.82, 2.24) is 19.7 Å². The van der Waals surface area contributed by atoms with E-state index in [-0.39, 0.29) is 41.1 Å². The Labute approximate surface area is 193 Å². The lowest BCUT2D eigenvalue weighted by Gasteiger charge is -2.21. The van der Waals surface area contributed by atoms with Crippen molar-refractivity contribution >= 4 is 38.9 Å². The smallest absolute Gasteiger partial charge is 0.229 e. The van der Waals surface area contributed by atoms with E-state index in [9.17, 15) is 8.42 Å². The molecule has 2 aliphatic heterocycles. The summed E-state index contributed by atoms with van der Waals surface area (Å²) in [7, 11) is -1.40. The van der Waals surface area contributed by atoms with Crippen molar-refractivity contribution in [3.8, 4) is 0 Å². The number of rotatable bonds is 7. The first-order chi connectivity index (χ1) is 15.0. The van der Waals surface area contributed by atoms with Crippen LogP contribution in [0.2, 0.25) is 5.02 Å². The van der Waals surface area contributed by atoms with E-state index in [1.807, 2.05) is 27.8 Å². The highest BCUT2D eigenvalue weighted by atomic mass is 35.5. The van der Waals surface area contributed by atoms with Gasteiger partial charge in [-0.3, -0.25) is 4.68 Å². The second kappa shape index (κ2) is 8.77. The highest BCUT2D eigenvalue weighted by Crippen LogP contribution is 2.35. The number of aryl methyl sites for hydroxylation is 1. The predicted molar refractivity (Wildman–Crippen MR) is 122 cm³/mol. The number of aromatic nitrogens is 4. The van der Waals surface area contributed by atoms with Crippen LogP contribution in [0.5, 0.6) is 0 Å². The summed E-state index contributed by atoms with van der Waals surface area (Å²) in [6.45, 7) is 6.49. The molecule has 176 valence electrons. The molecule has 0 amide bonds. The molecule has 0 radical (unpaired) electrons. The van der Waals surface area contributed by atoms with Crippen LogP contribution in [0, 0.1) is 11.3 Å². The summed E-state index contributed by atoms with van der Waals surface area (Å²) >= 11 is 6.31. The SMILES string of the molecule is Cn1cc(Nc2ncc(Cl)c(N[C@H]3COC4C3OC[C@H]4CS(=O)(=O)CC(C)(C)C)n2)cn1. The van der Waals surface area contributed by atoms with Crippen LogP contribution in [0.4, 0.5) is 17.5 Å². The fourth-order valence-corrected chi connectivity index (χ4v) is 6.73. The van der Waals surface area contributed by atoms with Gasteiger partial charge in [0.1, 0.15) is 11.1 Å². The van der Waals surface area contributed by atoms with Gasteiger partial charge >= 0.3 is 0 Å². The van der Waals surface area contributed by atoms with Gasteiger partial charge in [0.2, 0.25) is 5.95 Å². The van der Waals surface area contributed by atoms with Gasteiger partial charge in [-0.1, -0.05) is 32.4 Å². The van der Waals surface area contributed by atoms with Crippen LogP contribution in [0.25, 0.3) is 0 Å². The van der Waals surface area contributed by atoms with Crippen molar-refractivity contribution in [3.63, 3.8) is 0 Å². The number of halogens is 1. The fraction of sp³-hybridized carbons (Fsp3) is 0.650. The van der Waals surface area contributed by atoms with Crippen LogP contribution in [0.3, 0.4) is 0 Å². The van der Waals surface area contributed by atoms with Crippen LogP contribution in [0.1, 0.15) is 20.8 Å². The molecule has 2 aromatic heterocycles. The molecular formula is C20H29ClN6O4S. The molecule has 4 rings (SSSR count). The van der Waals surface area contributed by atoms with Gasteiger partial charge in [-0.2, -0.15) is 10.1 Å². The summed E-state index contributed by atoms with van der Waals surface area (Å²) < 4.78 is 38.8. The first kappa shape index (κ1) is 23.2. The Bertz CT molecular complexity index is 1070. The van der Waals surface area contributed by atoms with E-state index in [0.29, 0.717) is 30.0 Å². The Morgan fingerprint density at radius 3 is 2.66 bits per heavy atom. The quantitative estimate of drug-likeness (QED) is 0.609. The monoisotopic (exact) mass is 484 g/mol. The zero-order chi connectivity index (χ0) is 23.1. The van der Waals surface area contributed by atoms with Gasteiger partial charge in [0.15, 0.2) is 15.7 Å². The number of nitrogens with zero attached hydrogens (tertiary/aromatic N) is 4. The molecule has 2 saturated heterocycles. The Kier molecular flexibility index (Phi) is 6.36. The number of nitrogens with one attached hydrogen (secondary N) is 2. The van der Waals surface area contributed by atoms with Crippen LogP contribution in [-0.4, -0.2) is 71.1 Å². The van der Waals surface area contributed by atoms with Crippen molar-refractivity contribution in [2.75, 3.05) is 35.4 Å². The fourth-order valence-electron chi connectivity index (χ4n) is 4.21. The molecule has 2 aromatic rings. The second-order valence-corrected chi connectivity index (χ2v) is 12.2. The Hall–Kier alpha value is -1.95. The molecule has 4 heterocycles. The summed E-state index contributed by atoms with van der Waals surface area (Å²) in [5.41, 5.74) is 0.465. The number of hydrogen-bond donors (Lipinski definition) is 2. The Balaban J connectivity index is 1.41. The van der Waals surface area contributed by atoms with Crippen molar-refractivity contribution in [3.05, 3.63) is 23.6 Å². The largest absolute Gasteiger partial charge is 0.373 e. The number of ether oxygens (including phenoxy) is 2. The maximum absolute atomic E-state index is 12.6. The van der Waals surface area contributed by atoms with E-state index in [4.69, 9.17) is 21.1 Å². The average Bonchev–Trinajstić information content (AvgIpc) is 3.35. The zero-order valence-electron chi connectivity index (χ0n) is 18.6. The highest BCUT2D eigenvalue weighted by Gasteiger charge is 2.49. The average molecular weight is 485 g/mol. The van der Waals surface area contributed by atoms with Gasteiger partial charge in [0.05, 0.1) is 54.9 Å². The summed E-state index contributed by atoms with van der Waals surface area (Å²) in [5, 5.41) is 10.8. The van der Waals surface area contributed by atoms with Crippen LogP contribution >= 0.6 is 11.6 Å². The van der Waals surface area contributed by atoms with E-state index in [1.165, 1.54) is 6.20 Å². The molecule has 2 N–H and O–H groups in total. The maximum atomic E-state index is 12.6. The molecule has 0 spiro atoms. The maximum Gasteiger partial charge on any atom is 0.229 e. The van der Waals surface area contributed by atoms with Gasteiger partial charge in [0, 0.05) is 19.2 Å². The summed E-state index contributed by atoms with van der Waals surface area (Å²) in [6, 6.07) is -0.200. The lowest BCUT2D eigenvalue weighted by Crippen LogP contribution is -2.37. The predicted octanol–water partition coefficient (Wildman–Crippen LogP) is 2.26. The zero-order valence-corrected chi connectivity index (χ0v) is 20.2. The Morgan fingerprint density at radius 2 is 1.97 bits per heavy atom. The van der Waals surface area contributed by atoms with Crippen molar-refractivity contribution < 1.29 is 17.9 Å². The van der Waals surface area contributed by atoms with Crippen molar-refractivity contribution in [2.45, 2.75) is 39.0 Å². The van der Waals surface area contributed by atoms with Crippen molar-refractivity contribution in [2.24, 2.45) is 18.4 Å². The molecule has 0 saturated carbocycles. The summed E-state index contributed by atoms with van der Waals surface area (Å²) in [5.74, 6) is 0.834.